The Morgan fingerprint density at radius 3 is 2.52 bits per heavy atom. The van der Waals surface area contributed by atoms with Crippen LogP contribution in [-0.4, -0.2) is 59.5 Å². The van der Waals surface area contributed by atoms with Crippen LogP contribution in [0.1, 0.15) is 30.5 Å². The molecule has 0 radical (unpaired) electrons. The number of carbonyl (C=O) groups is 2. The summed E-state index contributed by atoms with van der Waals surface area (Å²) in [5.74, 6) is -0.176. The SMILES string of the molecule is CC(=O)Nc1ccccc1CC(=O)N(C)[C@H](CN1CCC(O)C1)c1ccccc1. The number of amides is 2. The second kappa shape index (κ2) is 9.67. The van der Waals surface area contributed by atoms with Gasteiger partial charge in [-0.25, -0.2) is 0 Å². The predicted octanol–water partition coefficient (Wildman–Crippen LogP) is 2.45. The van der Waals surface area contributed by atoms with Gasteiger partial charge in [0, 0.05) is 39.3 Å². The number of likely N-dealkylation sites (tertiary alicyclic amines) is 1. The first-order valence-corrected chi connectivity index (χ1v) is 10.0. The molecule has 2 aromatic carbocycles. The highest BCUT2D eigenvalue weighted by molar-refractivity contribution is 5.91. The normalized spacial score (nSPS) is 17.7. The Morgan fingerprint density at radius 1 is 1.17 bits per heavy atom. The maximum Gasteiger partial charge on any atom is 0.227 e. The fourth-order valence-electron chi connectivity index (χ4n) is 3.80. The predicted molar refractivity (Wildman–Crippen MR) is 113 cm³/mol. The van der Waals surface area contributed by atoms with Crippen molar-refractivity contribution in [1.82, 2.24) is 9.80 Å². The van der Waals surface area contributed by atoms with Gasteiger partial charge in [-0.15, -0.1) is 0 Å². The van der Waals surface area contributed by atoms with Gasteiger partial charge in [0.2, 0.25) is 11.8 Å². The van der Waals surface area contributed by atoms with Gasteiger partial charge in [0.1, 0.15) is 0 Å². The molecule has 2 atom stereocenters. The van der Waals surface area contributed by atoms with Crippen molar-refractivity contribution in [3.63, 3.8) is 0 Å². The molecular weight excluding hydrogens is 366 g/mol. The van der Waals surface area contributed by atoms with Gasteiger partial charge in [-0.1, -0.05) is 48.5 Å². The number of hydrogen-bond acceptors (Lipinski definition) is 4. The van der Waals surface area contributed by atoms with Crippen molar-refractivity contribution in [1.29, 1.82) is 0 Å². The fourth-order valence-corrected chi connectivity index (χ4v) is 3.80. The molecule has 6 heteroatoms. The van der Waals surface area contributed by atoms with Crippen molar-refractivity contribution < 1.29 is 14.7 Å². The van der Waals surface area contributed by atoms with Crippen LogP contribution < -0.4 is 5.32 Å². The maximum absolute atomic E-state index is 13.1. The van der Waals surface area contributed by atoms with Gasteiger partial charge in [0.05, 0.1) is 18.6 Å². The van der Waals surface area contributed by atoms with Crippen molar-refractivity contribution in [2.45, 2.75) is 31.9 Å². The Bertz CT molecular complexity index is 840. The van der Waals surface area contributed by atoms with E-state index in [1.54, 1.807) is 4.90 Å². The van der Waals surface area contributed by atoms with E-state index in [4.69, 9.17) is 0 Å². The summed E-state index contributed by atoms with van der Waals surface area (Å²) in [6.45, 7) is 3.60. The van der Waals surface area contributed by atoms with E-state index >= 15 is 0 Å². The highest BCUT2D eigenvalue weighted by atomic mass is 16.3. The number of β-amino-alcohol motifs (C(OH)–C–C–N with tert-alkyl or cyclic N) is 1. The summed E-state index contributed by atoms with van der Waals surface area (Å²) in [7, 11) is 1.83. The van der Waals surface area contributed by atoms with Crippen molar-refractivity contribution >= 4 is 17.5 Å². The summed E-state index contributed by atoms with van der Waals surface area (Å²) in [5.41, 5.74) is 2.53. The van der Waals surface area contributed by atoms with E-state index in [9.17, 15) is 14.7 Å². The van der Waals surface area contributed by atoms with Crippen LogP contribution in [0.3, 0.4) is 0 Å². The monoisotopic (exact) mass is 395 g/mol. The number of likely N-dealkylation sites (N-methyl/N-ethyl adjacent to an activating group) is 1. The van der Waals surface area contributed by atoms with E-state index in [0.29, 0.717) is 18.8 Å². The van der Waals surface area contributed by atoms with Crippen LogP contribution in [0.2, 0.25) is 0 Å². The molecule has 1 saturated heterocycles. The molecule has 0 aliphatic carbocycles. The van der Waals surface area contributed by atoms with E-state index in [0.717, 1.165) is 24.1 Å². The molecule has 1 fully saturated rings. The lowest BCUT2D eigenvalue weighted by molar-refractivity contribution is -0.131. The number of para-hydroxylation sites is 1. The highest BCUT2D eigenvalue weighted by Crippen LogP contribution is 2.25. The van der Waals surface area contributed by atoms with E-state index in [1.165, 1.54) is 6.92 Å². The summed E-state index contributed by atoms with van der Waals surface area (Å²) >= 11 is 0. The Kier molecular flexibility index (Phi) is 7.01. The van der Waals surface area contributed by atoms with E-state index in [-0.39, 0.29) is 30.4 Å². The average Bonchev–Trinajstić information content (AvgIpc) is 3.12. The van der Waals surface area contributed by atoms with Crippen molar-refractivity contribution in [2.24, 2.45) is 0 Å². The zero-order chi connectivity index (χ0) is 20.8. The lowest BCUT2D eigenvalue weighted by atomic mass is 10.0. The molecule has 0 saturated carbocycles. The van der Waals surface area contributed by atoms with Crippen LogP contribution in [0.25, 0.3) is 0 Å². The second-order valence-corrected chi connectivity index (χ2v) is 7.65. The van der Waals surface area contributed by atoms with Crippen LogP contribution >= 0.6 is 0 Å². The lowest BCUT2D eigenvalue weighted by Gasteiger charge is -2.32. The minimum Gasteiger partial charge on any atom is -0.392 e. The van der Waals surface area contributed by atoms with Gasteiger partial charge in [-0.3, -0.25) is 14.5 Å². The molecule has 6 nitrogen and oxygen atoms in total. The number of aliphatic hydroxyl groups excluding tert-OH is 1. The summed E-state index contributed by atoms with van der Waals surface area (Å²) in [6.07, 6.45) is 0.680. The van der Waals surface area contributed by atoms with Crippen LogP contribution in [0.15, 0.2) is 54.6 Å². The molecule has 0 aromatic heterocycles. The summed E-state index contributed by atoms with van der Waals surface area (Å²) in [4.78, 5) is 28.6. The van der Waals surface area contributed by atoms with Crippen LogP contribution in [0.5, 0.6) is 0 Å². The molecule has 1 unspecified atom stereocenters. The minimum atomic E-state index is -0.294. The van der Waals surface area contributed by atoms with Gasteiger partial charge in [0.25, 0.3) is 0 Å². The molecule has 1 heterocycles. The maximum atomic E-state index is 13.1. The van der Waals surface area contributed by atoms with Crippen molar-refractivity contribution in [2.75, 3.05) is 32.0 Å². The number of anilines is 1. The summed E-state index contributed by atoms with van der Waals surface area (Å²) < 4.78 is 0. The fraction of sp³-hybridized carbons (Fsp3) is 0.391. The first-order chi connectivity index (χ1) is 13.9. The molecule has 29 heavy (non-hydrogen) atoms. The van der Waals surface area contributed by atoms with Crippen LogP contribution in [0, 0.1) is 0 Å². The second-order valence-electron chi connectivity index (χ2n) is 7.65. The molecule has 2 N–H and O–H groups in total. The smallest absolute Gasteiger partial charge is 0.227 e. The minimum absolute atomic E-state index is 0.0172. The average molecular weight is 396 g/mol. The van der Waals surface area contributed by atoms with Gasteiger partial charge in [0.15, 0.2) is 0 Å². The van der Waals surface area contributed by atoms with Crippen molar-refractivity contribution in [3.05, 3.63) is 65.7 Å². The highest BCUT2D eigenvalue weighted by Gasteiger charge is 2.28. The Morgan fingerprint density at radius 2 is 1.86 bits per heavy atom. The Hall–Kier alpha value is -2.70. The first-order valence-electron chi connectivity index (χ1n) is 10.0. The van der Waals surface area contributed by atoms with Crippen molar-refractivity contribution in [3.8, 4) is 0 Å². The topological polar surface area (TPSA) is 72.9 Å². The molecule has 0 spiro atoms. The Balaban J connectivity index is 1.77. The summed E-state index contributed by atoms with van der Waals surface area (Å²) in [5, 5.41) is 12.7. The largest absolute Gasteiger partial charge is 0.392 e. The number of rotatable bonds is 7. The first kappa shape index (κ1) is 21.0. The lowest BCUT2D eigenvalue weighted by Crippen LogP contribution is -2.39. The number of benzene rings is 2. The molecule has 2 aromatic rings. The van der Waals surface area contributed by atoms with Gasteiger partial charge < -0.3 is 15.3 Å². The van der Waals surface area contributed by atoms with Crippen LogP contribution in [0.4, 0.5) is 5.69 Å². The molecule has 1 aliphatic heterocycles. The third-order valence-electron chi connectivity index (χ3n) is 5.39. The molecule has 0 bridgehead atoms. The zero-order valence-electron chi connectivity index (χ0n) is 17.0. The third kappa shape index (κ3) is 5.65. The molecule has 2 amide bonds. The number of hydrogen-bond donors (Lipinski definition) is 2. The third-order valence-corrected chi connectivity index (χ3v) is 5.39. The number of nitrogens with zero attached hydrogens (tertiary/aromatic N) is 2. The number of nitrogens with one attached hydrogen (secondary N) is 1. The Labute approximate surface area is 172 Å². The van der Waals surface area contributed by atoms with Gasteiger partial charge >= 0.3 is 0 Å². The van der Waals surface area contributed by atoms with Crippen LogP contribution in [-0.2, 0) is 16.0 Å². The number of aliphatic hydroxyl groups is 1. The standard InChI is InChI=1S/C23H29N3O3/c1-17(27)24-21-11-7-6-10-19(21)14-23(29)25(2)22(18-8-4-3-5-9-18)16-26-13-12-20(28)15-26/h3-11,20,22,28H,12-16H2,1-2H3,(H,24,27)/t20?,22-/m1/s1. The van der Waals surface area contributed by atoms with E-state index in [2.05, 4.69) is 10.2 Å². The zero-order valence-corrected chi connectivity index (χ0v) is 17.0. The molecule has 1 aliphatic rings. The molecular formula is C23H29N3O3. The van der Waals surface area contributed by atoms with Gasteiger partial charge in [-0.05, 0) is 23.6 Å². The summed E-state index contributed by atoms with van der Waals surface area (Å²) in [6, 6.07) is 17.3. The van der Waals surface area contributed by atoms with Gasteiger partial charge in [-0.2, -0.15) is 0 Å². The van der Waals surface area contributed by atoms with E-state index in [1.807, 2.05) is 61.6 Å². The quantitative estimate of drug-likeness (QED) is 0.755. The molecule has 3 rings (SSSR count). The molecule has 154 valence electrons. The van der Waals surface area contributed by atoms with E-state index < -0.39 is 0 Å². The number of carbonyl (C=O) groups excluding carboxylic acids is 2.